The number of rotatable bonds is 5. The van der Waals surface area contributed by atoms with Crippen LogP contribution in [0.15, 0.2) is 12.2 Å². The summed E-state index contributed by atoms with van der Waals surface area (Å²) < 4.78 is -1.42. The average Bonchev–Trinajstić information content (AvgIpc) is 1.97. The molecule has 17 heavy (non-hydrogen) atoms. The van der Waals surface area contributed by atoms with Crippen LogP contribution >= 0.6 is 0 Å². The minimum Gasteiger partial charge on any atom is -0.550 e. The van der Waals surface area contributed by atoms with Gasteiger partial charge in [0.15, 0.2) is 0 Å². The van der Waals surface area contributed by atoms with Gasteiger partial charge in [-0.1, -0.05) is 45.9 Å². The summed E-state index contributed by atoms with van der Waals surface area (Å²) in [5.41, 5.74) is -0.323. The molecule has 0 amide bonds. The van der Waals surface area contributed by atoms with Crippen molar-refractivity contribution in [3.63, 3.8) is 0 Å². The van der Waals surface area contributed by atoms with Crippen molar-refractivity contribution >= 4 is 28.1 Å². The first kappa shape index (κ1) is 16.1. The van der Waals surface area contributed by atoms with Gasteiger partial charge in [0.1, 0.15) is 0 Å². The van der Waals surface area contributed by atoms with Crippen molar-refractivity contribution in [2.45, 2.75) is 43.9 Å². The maximum absolute atomic E-state index is 11.7. The zero-order valence-corrected chi connectivity index (χ0v) is 13.3. The van der Waals surface area contributed by atoms with Crippen LogP contribution in [0.1, 0.15) is 0 Å². The summed E-state index contributed by atoms with van der Waals surface area (Å²) in [6, 6.07) is 0. The summed E-state index contributed by atoms with van der Waals surface area (Å²) in [7, 11) is -4.76. The van der Waals surface area contributed by atoms with Crippen molar-refractivity contribution in [3.8, 4) is 0 Å². The van der Waals surface area contributed by atoms with Crippen molar-refractivity contribution in [2.75, 3.05) is 0 Å². The Labute approximate surface area is 104 Å². The van der Waals surface area contributed by atoms with Crippen LogP contribution in [0.4, 0.5) is 0 Å². The SMILES string of the molecule is C=C(C(=O)[O-])C(C(=O)[O-])([Si](C)(C)C)[Si](C)(C)C. The van der Waals surface area contributed by atoms with E-state index in [-0.39, 0.29) is 5.57 Å². The summed E-state index contributed by atoms with van der Waals surface area (Å²) in [6.45, 7) is 14.4. The average molecular weight is 272 g/mol. The van der Waals surface area contributed by atoms with Crippen LogP contribution in [-0.4, -0.2) is 28.1 Å². The molecule has 0 aliphatic rings. The molecule has 6 heteroatoms. The van der Waals surface area contributed by atoms with Crippen molar-refractivity contribution in [2.24, 2.45) is 0 Å². The zero-order chi connectivity index (χ0) is 14.2. The molecule has 0 aliphatic carbocycles. The van der Waals surface area contributed by atoms with Crippen molar-refractivity contribution in [1.29, 1.82) is 0 Å². The van der Waals surface area contributed by atoms with E-state index in [2.05, 4.69) is 6.58 Å². The van der Waals surface area contributed by atoms with Gasteiger partial charge in [0.05, 0.1) is 22.1 Å². The molecule has 0 bridgehead atoms. The molecule has 4 nitrogen and oxygen atoms in total. The Balaban J connectivity index is 6.26. The predicted octanol–water partition coefficient (Wildman–Crippen LogP) is -0.00160. The lowest BCUT2D eigenvalue weighted by atomic mass is 10.2. The highest BCUT2D eigenvalue weighted by Gasteiger charge is 2.55. The molecule has 0 heterocycles. The van der Waals surface area contributed by atoms with Crippen LogP contribution in [0.2, 0.25) is 43.9 Å². The topological polar surface area (TPSA) is 80.3 Å². The van der Waals surface area contributed by atoms with E-state index in [9.17, 15) is 19.8 Å². The second kappa shape index (κ2) is 4.41. The Morgan fingerprint density at radius 3 is 1.29 bits per heavy atom. The highest BCUT2D eigenvalue weighted by molar-refractivity contribution is 7.03. The lowest BCUT2D eigenvalue weighted by molar-refractivity contribution is -0.311. The summed E-state index contributed by atoms with van der Waals surface area (Å²) in [5.74, 6) is -2.80. The van der Waals surface area contributed by atoms with E-state index >= 15 is 0 Å². The van der Waals surface area contributed by atoms with Gasteiger partial charge in [-0.25, -0.2) is 0 Å². The molecule has 0 unspecified atom stereocenters. The molecule has 0 rings (SSSR count). The summed E-state index contributed by atoms with van der Waals surface area (Å²) in [6.07, 6.45) is 0. The minimum absolute atomic E-state index is 0.323. The lowest BCUT2D eigenvalue weighted by Gasteiger charge is -2.54. The Morgan fingerprint density at radius 2 is 1.24 bits per heavy atom. The van der Waals surface area contributed by atoms with E-state index in [4.69, 9.17) is 0 Å². The van der Waals surface area contributed by atoms with Crippen LogP contribution in [0, 0.1) is 0 Å². The minimum atomic E-state index is -2.38. The monoisotopic (exact) mass is 272 g/mol. The van der Waals surface area contributed by atoms with E-state index in [1.54, 1.807) is 0 Å². The first-order valence-electron chi connectivity index (χ1n) is 5.42. The van der Waals surface area contributed by atoms with Gasteiger partial charge in [0, 0.05) is 10.6 Å². The number of carboxylic acid groups (broad SMARTS) is 2. The maximum atomic E-state index is 11.7. The van der Waals surface area contributed by atoms with Crippen molar-refractivity contribution < 1.29 is 19.8 Å². The third-order valence-electron chi connectivity index (χ3n) is 3.26. The molecule has 0 aromatic heterocycles. The van der Waals surface area contributed by atoms with Crippen molar-refractivity contribution in [3.05, 3.63) is 12.2 Å². The Hall–Kier alpha value is -0.886. The van der Waals surface area contributed by atoms with Gasteiger partial charge in [-0.2, -0.15) is 0 Å². The molecule has 0 N–H and O–H groups in total. The quantitative estimate of drug-likeness (QED) is 0.521. The van der Waals surface area contributed by atoms with E-state index in [0.717, 1.165) is 0 Å². The molecule has 0 saturated heterocycles. The number of hydrogen-bond acceptors (Lipinski definition) is 4. The first-order chi connectivity index (χ1) is 7.30. The first-order valence-corrected chi connectivity index (χ1v) is 12.4. The molecule has 98 valence electrons. The molecule has 0 aliphatic heterocycles. The molecule has 0 aromatic rings. The summed E-state index contributed by atoms with van der Waals surface area (Å²) >= 11 is 0. The fourth-order valence-corrected chi connectivity index (χ4v) is 15.2. The highest BCUT2D eigenvalue weighted by Crippen LogP contribution is 2.51. The summed E-state index contributed by atoms with van der Waals surface area (Å²) in [4.78, 5) is 22.8. The number of hydrogen-bond donors (Lipinski definition) is 0. The normalized spacial score (nSPS) is 13.3. The van der Waals surface area contributed by atoms with Crippen LogP contribution in [0.25, 0.3) is 0 Å². The largest absolute Gasteiger partial charge is 0.550 e. The molecule has 0 aromatic carbocycles. The van der Waals surface area contributed by atoms with Crippen LogP contribution in [-0.2, 0) is 9.59 Å². The van der Waals surface area contributed by atoms with Gasteiger partial charge in [0.25, 0.3) is 0 Å². The number of aliphatic carboxylic acids is 2. The van der Waals surface area contributed by atoms with Gasteiger partial charge in [-0.15, -0.1) is 0 Å². The number of carbonyl (C=O) groups is 2. The molecule has 0 atom stereocenters. The Bertz CT molecular complexity index is 347. The summed E-state index contributed by atoms with van der Waals surface area (Å²) in [5, 5.41) is 22.8. The fourth-order valence-electron chi connectivity index (χ4n) is 2.92. The van der Waals surface area contributed by atoms with E-state index in [0.29, 0.717) is 0 Å². The van der Waals surface area contributed by atoms with Gasteiger partial charge < -0.3 is 19.8 Å². The molecule has 0 spiro atoms. The van der Waals surface area contributed by atoms with Gasteiger partial charge in [-0.3, -0.25) is 0 Å². The molecule has 0 radical (unpaired) electrons. The van der Waals surface area contributed by atoms with Crippen LogP contribution < -0.4 is 10.2 Å². The third kappa shape index (κ3) is 2.37. The Kier molecular flexibility index (Phi) is 4.18. The zero-order valence-electron chi connectivity index (χ0n) is 11.3. The lowest BCUT2D eigenvalue weighted by Crippen LogP contribution is -2.65. The standard InChI is InChI=1S/C11H22O4Si2/c1-8(9(12)13)11(10(14)15,16(2,3)4)17(5,6)7/h1H2,2-7H3,(H,12,13)(H,14,15)/p-2. The smallest absolute Gasteiger partial charge is 0.0672 e. The second-order valence-electron chi connectivity index (χ2n) is 6.30. The fraction of sp³-hybridized carbons (Fsp3) is 0.636. The van der Waals surface area contributed by atoms with Crippen LogP contribution in [0.5, 0.6) is 0 Å². The number of carbonyl (C=O) groups excluding carboxylic acids is 2. The van der Waals surface area contributed by atoms with Gasteiger partial charge in [-0.05, 0) is 5.57 Å². The predicted molar refractivity (Wildman–Crippen MR) is 68.5 cm³/mol. The van der Waals surface area contributed by atoms with E-state index in [1.807, 2.05) is 39.3 Å². The maximum Gasteiger partial charge on any atom is 0.0672 e. The van der Waals surface area contributed by atoms with Gasteiger partial charge in [0.2, 0.25) is 0 Å². The highest BCUT2D eigenvalue weighted by atomic mass is 28.4. The van der Waals surface area contributed by atoms with E-state index < -0.39 is 32.7 Å². The van der Waals surface area contributed by atoms with Crippen molar-refractivity contribution in [1.82, 2.24) is 0 Å². The molecule has 0 fully saturated rings. The third-order valence-corrected chi connectivity index (χ3v) is 13.3. The molecule has 0 saturated carbocycles. The molecular weight excluding hydrogens is 252 g/mol. The Morgan fingerprint density at radius 1 is 0.941 bits per heavy atom. The van der Waals surface area contributed by atoms with Crippen LogP contribution in [0.3, 0.4) is 0 Å². The second-order valence-corrected chi connectivity index (χ2v) is 17.3. The van der Waals surface area contributed by atoms with Gasteiger partial charge >= 0.3 is 0 Å². The molecular formula is C11H20O4Si2-2. The number of carboxylic acids is 2. The van der Waals surface area contributed by atoms with E-state index in [1.165, 1.54) is 0 Å².